The minimum absolute atomic E-state index is 0.0389. The standard InChI is InChI=1S/C29H45NO6S/c1-3-4-5-6-7-8-9-10-11-12-13-14-18-21-25(30-22-24-19-16-15-17-20-24)27-28(31)26(36-29(27)32)23-35-37(2,33)34/h15-17,19-20,26,31H,3-14,18,21-23H2,1-2H3. The number of aliphatic hydroxyl groups is 1. The number of benzene rings is 1. The predicted octanol–water partition coefficient (Wildman–Crippen LogP) is 6.82. The van der Waals surface area contributed by atoms with Crippen molar-refractivity contribution in [3.8, 4) is 0 Å². The Kier molecular flexibility index (Phi) is 14.5. The van der Waals surface area contributed by atoms with Crippen molar-refractivity contribution in [2.24, 2.45) is 4.99 Å². The first-order valence-corrected chi connectivity index (χ1v) is 15.7. The Bertz CT molecular complexity index is 971. The van der Waals surface area contributed by atoms with Gasteiger partial charge in [-0.3, -0.25) is 9.18 Å². The van der Waals surface area contributed by atoms with Gasteiger partial charge in [0.05, 0.1) is 18.5 Å². The van der Waals surface area contributed by atoms with Crippen LogP contribution in [0, 0.1) is 0 Å². The fourth-order valence-electron chi connectivity index (χ4n) is 4.44. The van der Waals surface area contributed by atoms with Crippen LogP contribution in [-0.2, 0) is 30.4 Å². The third-order valence-corrected chi connectivity index (χ3v) is 7.11. The number of carbonyl (C=O) groups excluding carboxylic acids is 1. The van der Waals surface area contributed by atoms with Gasteiger partial charge in [-0.1, -0.05) is 114 Å². The molecule has 208 valence electrons. The second kappa shape index (κ2) is 17.3. The lowest BCUT2D eigenvalue weighted by Crippen LogP contribution is -2.21. The Balaban J connectivity index is 1.84. The average molecular weight is 536 g/mol. The highest BCUT2D eigenvalue weighted by atomic mass is 32.2. The van der Waals surface area contributed by atoms with Gasteiger partial charge in [0.2, 0.25) is 0 Å². The van der Waals surface area contributed by atoms with Crippen molar-refractivity contribution in [3.05, 3.63) is 47.2 Å². The summed E-state index contributed by atoms with van der Waals surface area (Å²) in [7, 11) is -3.73. The summed E-state index contributed by atoms with van der Waals surface area (Å²) >= 11 is 0. The van der Waals surface area contributed by atoms with E-state index >= 15 is 0 Å². The van der Waals surface area contributed by atoms with Crippen molar-refractivity contribution in [2.45, 2.75) is 109 Å². The van der Waals surface area contributed by atoms with E-state index in [9.17, 15) is 18.3 Å². The smallest absolute Gasteiger partial charge is 0.344 e. The molecule has 2 rings (SSSR count). The third kappa shape index (κ3) is 12.7. The Morgan fingerprint density at radius 1 is 0.919 bits per heavy atom. The van der Waals surface area contributed by atoms with Crippen LogP contribution in [0.1, 0.15) is 102 Å². The molecule has 0 saturated carbocycles. The maximum Gasteiger partial charge on any atom is 0.344 e. The van der Waals surface area contributed by atoms with E-state index in [1.165, 1.54) is 64.2 Å². The van der Waals surface area contributed by atoms with Gasteiger partial charge in [0.25, 0.3) is 10.1 Å². The summed E-state index contributed by atoms with van der Waals surface area (Å²) in [5.41, 5.74) is 1.53. The molecule has 7 nitrogen and oxygen atoms in total. The largest absolute Gasteiger partial charge is 0.507 e. The highest BCUT2D eigenvalue weighted by molar-refractivity contribution is 7.85. The van der Waals surface area contributed by atoms with Crippen LogP contribution < -0.4 is 0 Å². The second-order valence-electron chi connectivity index (χ2n) is 9.88. The number of hydrogen-bond acceptors (Lipinski definition) is 7. The minimum atomic E-state index is -3.73. The first-order valence-electron chi connectivity index (χ1n) is 13.9. The third-order valence-electron chi connectivity index (χ3n) is 6.55. The zero-order chi connectivity index (χ0) is 26.9. The van der Waals surface area contributed by atoms with Crippen molar-refractivity contribution in [1.82, 2.24) is 0 Å². The van der Waals surface area contributed by atoms with Gasteiger partial charge in [-0.15, -0.1) is 0 Å². The molecule has 0 spiro atoms. The maximum atomic E-state index is 12.6. The van der Waals surface area contributed by atoms with Crippen molar-refractivity contribution >= 4 is 21.8 Å². The number of carbonyl (C=O) groups is 1. The van der Waals surface area contributed by atoms with Gasteiger partial charge < -0.3 is 9.84 Å². The summed E-state index contributed by atoms with van der Waals surface area (Å²) in [6, 6.07) is 9.69. The van der Waals surface area contributed by atoms with Gasteiger partial charge in [-0.2, -0.15) is 8.42 Å². The molecule has 1 heterocycles. The first kappa shape index (κ1) is 31.0. The number of aliphatic hydroxyl groups excluding tert-OH is 1. The zero-order valence-corrected chi connectivity index (χ0v) is 23.4. The van der Waals surface area contributed by atoms with Gasteiger partial charge in [0, 0.05) is 0 Å². The number of esters is 1. The van der Waals surface area contributed by atoms with Gasteiger partial charge in [-0.05, 0) is 18.4 Å². The molecule has 0 bridgehead atoms. The predicted molar refractivity (Wildman–Crippen MR) is 148 cm³/mol. The van der Waals surface area contributed by atoms with Crippen molar-refractivity contribution < 1.29 is 27.2 Å². The minimum Gasteiger partial charge on any atom is -0.507 e. The molecular formula is C29H45NO6S. The monoisotopic (exact) mass is 535 g/mol. The highest BCUT2D eigenvalue weighted by Gasteiger charge is 2.37. The van der Waals surface area contributed by atoms with E-state index in [-0.39, 0.29) is 11.3 Å². The van der Waals surface area contributed by atoms with Gasteiger partial charge >= 0.3 is 5.97 Å². The lowest BCUT2D eigenvalue weighted by Gasteiger charge is -2.09. The van der Waals surface area contributed by atoms with E-state index in [2.05, 4.69) is 11.9 Å². The van der Waals surface area contributed by atoms with E-state index in [1.807, 2.05) is 30.3 Å². The van der Waals surface area contributed by atoms with Gasteiger partial charge in [-0.25, -0.2) is 4.79 Å². The Morgan fingerprint density at radius 2 is 1.46 bits per heavy atom. The number of aliphatic imine (C=N–C) groups is 1. The van der Waals surface area contributed by atoms with Gasteiger partial charge in [0.15, 0.2) is 11.9 Å². The van der Waals surface area contributed by atoms with Crippen molar-refractivity contribution in [2.75, 3.05) is 12.9 Å². The average Bonchev–Trinajstić information content (AvgIpc) is 3.15. The van der Waals surface area contributed by atoms with Crippen LogP contribution in [0.3, 0.4) is 0 Å². The molecule has 1 unspecified atom stereocenters. The van der Waals surface area contributed by atoms with E-state index in [0.717, 1.165) is 31.1 Å². The van der Waals surface area contributed by atoms with Crippen molar-refractivity contribution in [3.63, 3.8) is 0 Å². The fourth-order valence-corrected chi connectivity index (χ4v) is 4.81. The van der Waals surface area contributed by atoms with Crippen LogP contribution in [0.25, 0.3) is 0 Å². The molecule has 0 radical (unpaired) electrons. The maximum absolute atomic E-state index is 12.6. The number of cyclic esters (lactones) is 1. The van der Waals surface area contributed by atoms with Crippen LogP contribution in [0.2, 0.25) is 0 Å². The SMILES string of the molecule is CCCCCCCCCCCCCCCC(=NCc1ccccc1)C1=C(O)C(COS(C)(=O)=O)OC1=O. The molecule has 0 aliphatic carbocycles. The van der Waals surface area contributed by atoms with E-state index in [4.69, 9.17) is 8.92 Å². The molecule has 0 aromatic heterocycles. The molecule has 37 heavy (non-hydrogen) atoms. The Labute approximate surface area is 223 Å². The summed E-state index contributed by atoms with van der Waals surface area (Å²) in [6.45, 7) is 2.17. The lowest BCUT2D eigenvalue weighted by molar-refractivity contribution is -0.140. The molecule has 1 atom stereocenters. The van der Waals surface area contributed by atoms with E-state index in [1.54, 1.807) is 0 Å². The summed E-state index contributed by atoms with van der Waals surface area (Å²) in [4.78, 5) is 17.2. The number of rotatable bonds is 20. The normalized spacial score (nSPS) is 16.4. The van der Waals surface area contributed by atoms with Crippen LogP contribution >= 0.6 is 0 Å². The molecule has 1 aliphatic rings. The molecule has 0 amide bonds. The van der Waals surface area contributed by atoms with E-state index in [0.29, 0.717) is 18.7 Å². The first-order chi connectivity index (χ1) is 17.8. The summed E-state index contributed by atoms with van der Waals surface area (Å²) in [6.07, 6.45) is 16.5. The molecular weight excluding hydrogens is 490 g/mol. The molecule has 0 fully saturated rings. The molecule has 1 N–H and O–H groups in total. The summed E-state index contributed by atoms with van der Waals surface area (Å²) < 4.78 is 32.6. The fraction of sp³-hybridized carbons (Fsp3) is 0.655. The lowest BCUT2D eigenvalue weighted by atomic mass is 10.0. The zero-order valence-electron chi connectivity index (χ0n) is 22.6. The van der Waals surface area contributed by atoms with Crippen LogP contribution in [0.4, 0.5) is 0 Å². The molecule has 1 aromatic carbocycles. The quantitative estimate of drug-likeness (QED) is 0.0850. The highest BCUT2D eigenvalue weighted by Crippen LogP contribution is 2.25. The molecule has 0 saturated heterocycles. The summed E-state index contributed by atoms with van der Waals surface area (Å²) in [5.74, 6) is -1.00. The number of nitrogens with zero attached hydrogens (tertiary/aromatic N) is 1. The van der Waals surface area contributed by atoms with Crippen LogP contribution in [-0.4, -0.2) is 44.2 Å². The van der Waals surface area contributed by atoms with Gasteiger partial charge in [0.1, 0.15) is 12.2 Å². The topological polar surface area (TPSA) is 102 Å². The summed E-state index contributed by atoms with van der Waals surface area (Å²) in [5, 5.41) is 10.7. The Morgan fingerprint density at radius 3 is 2.00 bits per heavy atom. The number of ether oxygens (including phenoxy) is 1. The van der Waals surface area contributed by atoms with Crippen LogP contribution in [0.15, 0.2) is 46.7 Å². The molecule has 1 aromatic rings. The molecule has 8 heteroatoms. The second-order valence-corrected chi connectivity index (χ2v) is 11.5. The van der Waals surface area contributed by atoms with E-state index < -0.39 is 28.8 Å². The Hall–Kier alpha value is -2.19. The number of unbranched alkanes of at least 4 members (excludes halogenated alkanes) is 12. The van der Waals surface area contributed by atoms with Crippen molar-refractivity contribution in [1.29, 1.82) is 0 Å². The van der Waals surface area contributed by atoms with Crippen LogP contribution in [0.5, 0.6) is 0 Å². The number of hydrogen-bond donors (Lipinski definition) is 1. The molecule has 1 aliphatic heterocycles.